The number of hydrogen-bond acceptors (Lipinski definition) is 2. The number of rotatable bonds is 1. The summed E-state index contributed by atoms with van der Waals surface area (Å²) in [4.78, 5) is 4.38. The van der Waals surface area contributed by atoms with Crippen molar-refractivity contribution < 1.29 is 0 Å². The lowest BCUT2D eigenvalue weighted by molar-refractivity contribution is 0.632. The van der Waals surface area contributed by atoms with E-state index in [9.17, 15) is 0 Å². The minimum Gasteiger partial charge on any atom is -0.356 e. The van der Waals surface area contributed by atoms with Gasteiger partial charge in [-0.15, -0.1) is 0 Å². The normalized spacial score (nSPS) is 14.4. The lowest BCUT2D eigenvalue weighted by Gasteiger charge is -2.17. The summed E-state index contributed by atoms with van der Waals surface area (Å²) in [5.41, 5.74) is 2.44. The fraction of sp³-hybridized carbons (Fsp3) is 0.250. The third kappa shape index (κ3) is 1.40. The van der Waals surface area contributed by atoms with Crippen LogP contribution in [0.15, 0.2) is 36.5 Å². The molecule has 3 rings (SSSR count). The summed E-state index contributed by atoms with van der Waals surface area (Å²) in [6.07, 6.45) is 3.12. The van der Waals surface area contributed by atoms with Crippen molar-refractivity contribution >= 4 is 5.95 Å². The van der Waals surface area contributed by atoms with Gasteiger partial charge in [-0.3, -0.25) is 0 Å². The van der Waals surface area contributed by atoms with Crippen molar-refractivity contribution in [2.75, 3.05) is 11.9 Å². The van der Waals surface area contributed by atoms with Crippen molar-refractivity contribution in [1.29, 1.82) is 0 Å². The van der Waals surface area contributed by atoms with Crippen molar-refractivity contribution in [3.8, 4) is 11.3 Å². The Morgan fingerprint density at radius 1 is 1.20 bits per heavy atom. The third-order valence-electron chi connectivity index (χ3n) is 2.77. The molecule has 15 heavy (non-hydrogen) atoms. The molecule has 0 bridgehead atoms. The Hall–Kier alpha value is -1.77. The number of aromatic nitrogens is 2. The van der Waals surface area contributed by atoms with Crippen LogP contribution >= 0.6 is 0 Å². The van der Waals surface area contributed by atoms with Crippen LogP contribution in [0.1, 0.15) is 6.42 Å². The highest BCUT2D eigenvalue weighted by Gasteiger charge is 2.13. The largest absolute Gasteiger partial charge is 0.356 e. The number of nitrogens with one attached hydrogen (secondary N) is 1. The second-order valence-corrected chi connectivity index (χ2v) is 3.77. The maximum Gasteiger partial charge on any atom is 0.203 e. The molecule has 3 nitrogen and oxygen atoms in total. The van der Waals surface area contributed by atoms with E-state index in [1.54, 1.807) is 0 Å². The highest BCUT2D eigenvalue weighted by molar-refractivity contribution is 5.61. The summed E-state index contributed by atoms with van der Waals surface area (Å²) < 4.78 is 2.25. The summed E-state index contributed by atoms with van der Waals surface area (Å²) in [5, 5.41) is 3.30. The van der Waals surface area contributed by atoms with Crippen LogP contribution in [-0.2, 0) is 6.54 Å². The number of benzene rings is 1. The molecular formula is C12H13N3. The molecule has 0 unspecified atom stereocenters. The van der Waals surface area contributed by atoms with Crippen LogP contribution in [0.5, 0.6) is 0 Å². The van der Waals surface area contributed by atoms with Gasteiger partial charge in [0.2, 0.25) is 5.95 Å². The zero-order valence-electron chi connectivity index (χ0n) is 8.48. The second kappa shape index (κ2) is 3.42. The number of nitrogens with zero attached hydrogens (tertiary/aromatic N) is 2. The van der Waals surface area contributed by atoms with Crippen molar-refractivity contribution in [2.45, 2.75) is 13.0 Å². The predicted octanol–water partition coefficient (Wildman–Crippen LogP) is 2.37. The molecule has 1 aliphatic rings. The van der Waals surface area contributed by atoms with Crippen LogP contribution in [-0.4, -0.2) is 16.1 Å². The smallest absolute Gasteiger partial charge is 0.203 e. The molecule has 0 radical (unpaired) electrons. The molecule has 0 amide bonds. The molecule has 0 saturated carbocycles. The Morgan fingerprint density at radius 2 is 2.07 bits per heavy atom. The van der Waals surface area contributed by atoms with E-state index in [-0.39, 0.29) is 0 Å². The minimum atomic E-state index is 1.00. The zero-order valence-corrected chi connectivity index (χ0v) is 8.48. The van der Waals surface area contributed by atoms with Gasteiger partial charge < -0.3 is 9.88 Å². The Kier molecular flexibility index (Phi) is 1.95. The van der Waals surface area contributed by atoms with E-state index in [0.29, 0.717) is 0 Å². The summed E-state index contributed by atoms with van der Waals surface area (Å²) in [6.45, 7) is 2.10. The van der Waals surface area contributed by atoms with Crippen LogP contribution in [0.25, 0.3) is 11.3 Å². The first-order valence-electron chi connectivity index (χ1n) is 5.30. The van der Waals surface area contributed by atoms with Gasteiger partial charge in [-0.05, 0) is 12.0 Å². The van der Waals surface area contributed by atoms with Gasteiger partial charge in [0.1, 0.15) is 0 Å². The Labute approximate surface area is 88.8 Å². The molecule has 0 aliphatic carbocycles. The quantitative estimate of drug-likeness (QED) is 0.764. The van der Waals surface area contributed by atoms with Crippen LogP contribution in [0.2, 0.25) is 0 Å². The van der Waals surface area contributed by atoms with E-state index in [1.165, 1.54) is 17.7 Å². The number of anilines is 1. The topological polar surface area (TPSA) is 29.9 Å². The van der Waals surface area contributed by atoms with Gasteiger partial charge in [0.05, 0.1) is 11.9 Å². The fourth-order valence-electron chi connectivity index (χ4n) is 2.02. The van der Waals surface area contributed by atoms with Crippen LogP contribution < -0.4 is 5.32 Å². The number of imidazole rings is 1. The van der Waals surface area contributed by atoms with Crippen LogP contribution in [0, 0.1) is 0 Å². The lowest BCUT2D eigenvalue weighted by atomic mass is 10.1. The first-order chi connectivity index (χ1) is 7.45. The monoisotopic (exact) mass is 199 g/mol. The molecule has 1 N–H and O–H groups in total. The standard InChI is InChI=1S/C12H13N3/c1-2-5-10(6-3-1)11-9-14-12-13-7-4-8-15(11)12/h1-3,5-6,9H,4,7-8H2,(H,13,14). The second-order valence-electron chi connectivity index (χ2n) is 3.77. The summed E-state index contributed by atoms with van der Waals surface area (Å²) in [6, 6.07) is 10.4. The van der Waals surface area contributed by atoms with Gasteiger partial charge in [-0.1, -0.05) is 30.3 Å². The minimum absolute atomic E-state index is 1.00. The van der Waals surface area contributed by atoms with Gasteiger partial charge in [-0.2, -0.15) is 0 Å². The number of hydrogen-bond donors (Lipinski definition) is 1. The molecule has 0 saturated heterocycles. The van der Waals surface area contributed by atoms with Crippen molar-refractivity contribution in [1.82, 2.24) is 9.55 Å². The highest BCUT2D eigenvalue weighted by Crippen LogP contribution is 2.24. The van der Waals surface area contributed by atoms with E-state index >= 15 is 0 Å². The van der Waals surface area contributed by atoms with Gasteiger partial charge in [0, 0.05) is 13.1 Å². The molecule has 3 heteroatoms. The fourth-order valence-corrected chi connectivity index (χ4v) is 2.02. The van der Waals surface area contributed by atoms with Crippen LogP contribution in [0.3, 0.4) is 0 Å². The van der Waals surface area contributed by atoms with Gasteiger partial charge in [0.25, 0.3) is 0 Å². The van der Waals surface area contributed by atoms with Gasteiger partial charge in [-0.25, -0.2) is 4.98 Å². The van der Waals surface area contributed by atoms with E-state index in [2.05, 4.69) is 39.1 Å². The third-order valence-corrected chi connectivity index (χ3v) is 2.77. The molecule has 2 heterocycles. The van der Waals surface area contributed by atoms with Gasteiger partial charge >= 0.3 is 0 Å². The summed E-state index contributed by atoms with van der Waals surface area (Å²) in [7, 11) is 0. The predicted molar refractivity (Wildman–Crippen MR) is 60.8 cm³/mol. The molecule has 1 aliphatic heterocycles. The van der Waals surface area contributed by atoms with Crippen molar-refractivity contribution in [3.05, 3.63) is 36.5 Å². The number of fused-ring (bicyclic) bond motifs is 1. The molecule has 2 aromatic rings. The van der Waals surface area contributed by atoms with Gasteiger partial charge in [0.15, 0.2) is 0 Å². The molecule has 76 valence electrons. The molecule has 0 spiro atoms. The Bertz CT molecular complexity index is 459. The highest BCUT2D eigenvalue weighted by atomic mass is 15.2. The SMILES string of the molecule is c1ccc(-c2cnc3n2CCCN3)cc1. The molecule has 0 fully saturated rings. The van der Waals surface area contributed by atoms with E-state index in [4.69, 9.17) is 0 Å². The zero-order chi connectivity index (χ0) is 10.1. The molecule has 1 aromatic heterocycles. The summed E-state index contributed by atoms with van der Waals surface area (Å²) >= 11 is 0. The lowest BCUT2D eigenvalue weighted by Crippen LogP contribution is -2.17. The van der Waals surface area contributed by atoms with E-state index < -0.39 is 0 Å². The Morgan fingerprint density at radius 3 is 2.93 bits per heavy atom. The van der Waals surface area contributed by atoms with E-state index in [1.807, 2.05) is 12.3 Å². The van der Waals surface area contributed by atoms with Crippen LogP contribution in [0.4, 0.5) is 5.95 Å². The van der Waals surface area contributed by atoms with E-state index in [0.717, 1.165) is 19.0 Å². The first-order valence-corrected chi connectivity index (χ1v) is 5.30. The average Bonchev–Trinajstić information content (AvgIpc) is 2.74. The summed E-state index contributed by atoms with van der Waals surface area (Å²) in [5.74, 6) is 1.00. The average molecular weight is 199 g/mol. The maximum atomic E-state index is 4.38. The van der Waals surface area contributed by atoms with Crippen molar-refractivity contribution in [2.24, 2.45) is 0 Å². The molecular weight excluding hydrogens is 186 g/mol. The Balaban J connectivity index is 2.09. The maximum absolute atomic E-state index is 4.38. The molecule has 0 atom stereocenters. The first kappa shape index (κ1) is 8.53. The molecule has 1 aromatic carbocycles. The van der Waals surface area contributed by atoms with Crippen molar-refractivity contribution in [3.63, 3.8) is 0 Å².